The molecule has 0 spiro atoms. The number of hydrogen-bond acceptors (Lipinski definition) is 4. The molecule has 6 nitrogen and oxygen atoms in total. The molecule has 0 aromatic heterocycles. The van der Waals surface area contributed by atoms with Crippen molar-refractivity contribution in [1.82, 2.24) is 10.2 Å². The van der Waals surface area contributed by atoms with Gasteiger partial charge in [-0.2, -0.15) is 0 Å². The summed E-state index contributed by atoms with van der Waals surface area (Å²) in [5.74, 6) is 0.134. The van der Waals surface area contributed by atoms with Crippen LogP contribution in [0, 0.1) is 0 Å². The number of amides is 2. The van der Waals surface area contributed by atoms with Gasteiger partial charge in [0.05, 0.1) is 13.2 Å². The van der Waals surface area contributed by atoms with Gasteiger partial charge in [0.25, 0.3) is 0 Å². The van der Waals surface area contributed by atoms with E-state index in [2.05, 4.69) is 15.5 Å². The number of nitrogens with zero attached hydrogens (tertiary/aromatic N) is 1. The van der Waals surface area contributed by atoms with E-state index in [1.54, 1.807) is 18.2 Å². The first kappa shape index (κ1) is 14.6. The van der Waals surface area contributed by atoms with Crippen molar-refractivity contribution in [3.8, 4) is 5.75 Å². The topological polar surface area (TPSA) is 73.8 Å². The van der Waals surface area contributed by atoms with Gasteiger partial charge in [-0.15, -0.1) is 0 Å². The maximum atomic E-state index is 11.6. The fraction of sp³-hybridized carbons (Fsp3) is 0.500. The Kier molecular flexibility index (Phi) is 5.64. The summed E-state index contributed by atoms with van der Waals surface area (Å²) in [7, 11) is 0. The number of carbonyl (C=O) groups excluding carboxylic acids is 1. The summed E-state index contributed by atoms with van der Waals surface area (Å²) in [6.07, 6.45) is 0.910. The lowest BCUT2D eigenvalue weighted by Crippen LogP contribution is -2.38. The van der Waals surface area contributed by atoms with E-state index in [1.165, 1.54) is 6.07 Å². The minimum atomic E-state index is -0.252. The second kappa shape index (κ2) is 7.72. The van der Waals surface area contributed by atoms with Crippen molar-refractivity contribution < 1.29 is 14.6 Å². The van der Waals surface area contributed by atoms with Gasteiger partial charge in [0.15, 0.2) is 0 Å². The first-order chi connectivity index (χ1) is 9.74. The highest BCUT2D eigenvalue weighted by atomic mass is 16.5. The van der Waals surface area contributed by atoms with Gasteiger partial charge < -0.3 is 20.5 Å². The number of morpholine rings is 1. The molecule has 1 aromatic carbocycles. The molecule has 0 aliphatic carbocycles. The van der Waals surface area contributed by atoms with Gasteiger partial charge in [-0.3, -0.25) is 4.90 Å². The number of benzene rings is 1. The van der Waals surface area contributed by atoms with E-state index in [4.69, 9.17) is 4.74 Å². The van der Waals surface area contributed by atoms with Crippen LogP contribution in [0.25, 0.3) is 0 Å². The van der Waals surface area contributed by atoms with Crippen LogP contribution >= 0.6 is 0 Å². The Balaban J connectivity index is 1.60. The number of carbonyl (C=O) groups is 1. The Labute approximate surface area is 118 Å². The molecule has 0 atom stereocenters. The smallest absolute Gasteiger partial charge is 0.319 e. The zero-order chi connectivity index (χ0) is 14.2. The molecular weight excluding hydrogens is 258 g/mol. The van der Waals surface area contributed by atoms with Crippen LogP contribution in [0.2, 0.25) is 0 Å². The maximum absolute atomic E-state index is 11.6. The van der Waals surface area contributed by atoms with Crippen molar-refractivity contribution in [3.63, 3.8) is 0 Å². The number of phenolic OH excluding ortho intramolecular Hbond substituents is 1. The lowest BCUT2D eigenvalue weighted by molar-refractivity contribution is 0.0375. The zero-order valence-corrected chi connectivity index (χ0v) is 11.5. The minimum absolute atomic E-state index is 0.134. The van der Waals surface area contributed by atoms with Crippen LogP contribution in [-0.4, -0.2) is 55.4 Å². The van der Waals surface area contributed by atoms with Crippen molar-refractivity contribution >= 4 is 11.7 Å². The molecule has 0 unspecified atom stereocenters. The summed E-state index contributed by atoms with van der Waals surface area (Å²) in [6.45, 7) is 5.12. The molecule has 3 N–H and O–H groups in total. The van der Waals surface area contributed by atoms with E-state index in [0.717, 1.165) is 39.3 Å². The fourth-order valence-corrected chi connectivity index (χ4v) is 2.09. The number of ether oxygens (including phenoxy) is 1. The molecule has 1 saturated heterocycles. The molecule has 1 aromatic rings. The lowest BCUT2D eigenvalue weighted by Gasteiger charge is -2.26. The minimum Gasteiger partial charge on any atom is -0.508 e. The van der Waals surface area contributed by atoms with Crippen LogP contribution in [-0.2, 0) is 4.74 Å². The number of anilines is 1. The largest absolute Gasteiger partial charge is 0.508 e. The summed E-state index contributed by atoms with van der Waals surface area (Å²) in [6, 6.07) is 6.23. The predicted octanol–water partition coefficient (Wildman–Crippen LogP) is 1.24. The average molecular weight is 279 g/mol. The van der Waals surface area contributed by atoms with Crippen molar-refractivity contribution in [1.29, 1.82) is 0 Å². The third-order valence-electron chi connectivity index (χ3n) is 3.14. The van der Waals surface area contributed by atoms with Crippen LogP contribution in [0.5, 0.6) is 5.75 Å². The second-order valence-corrected chi connectivity index (χ2v) is 4.74. The highest BCUT2D eigenvalue weighted by Gasteiger charge is 2.09. The molecule has 1 aliphatic rings. The van der Waals surface area contributed by atoms with Crippen molar-refractivity contribution in [2.45, 2.75) is 6.42 Å². The lowest BCUT2D eigenvalue weighted by atomic mass is 10.3. The van der Waals surface area contributed by atoms with Crippen LogP contribution in [0.3, 0.4) is 0 Å². The van der Waals surface area contributed by atoms with Crippen LogP contribution in [0.15, 0.2) is 24.3 Å². The standard InChI is InChI=1S/C14H21N3O3/c18-13-4-1-3-12(11-13)16-14(19)15-5-2-6-17-7-9-20-10-8-17/h1,3-4,11,18H,2,5-10H2,(H2,15,16,19). The molecular formula is C14H21N3O3. The average Bonchev–Trinajstić information content (AvgIpc) is 2.45. The molecule has 2 amide bonds. The highest BCUT2D eigenvalue weighted by molar-refractivity contribution is 5.89. The van der Waals surface area contributed by atoms with E-state index >= 15 is 0 Å². The van der Waals surface area contributed by atoms with Gasteiger partial charge >= 0.3 is 6.03 Å². The third-order valence-corrected chi connectivity index (χ3v) is 3.14. The summed E-state index contributed by atoms with van der Waals surface area (Å²) in [5.41, 5.74) is 0.579. The summed E-state index contributed by atoms with van der Waals surface area (Å²) in [5, 5.41) is 14.8. The molecule has 0 bridgehead atoms. The van der Waals surface area contributed by atoms with Gasteiger partial charge in [-0.25, -0.2) is 4.79 Å². The van der Waals surface area contributed by atoms with Crippen LogP contribution in [0.4, 0.5) is 10.5 Å². The van der Waals surface area contributed by atoms with Crippen LogP contribution in [0.1, 0.15) is 6.42 Å². The molecule has 6 heteroatoms. The van der Waals surface area contributed by atoms with E-state index in [0.29, 0.717) is 12.2 Å². The number of phenols is 1. The Morgan fingerprint density at radius 2 is 2.15 bits per heavy atom. The molecule has 20 heavy (non-hydrogen) atoms. The Bertz CT molecular complexity index is 433. The normalized spacial score (nSPS) is 15.8. The quantitative estimate of drug-likeness (QED) is 0.709. The van der Waals surface area contributed by atoms with E-state index in [-0.39, 0.29) is 11.8 Å². The monoisotopic (exact) mass is 279 g/mol. The summed E-state index contributed by atoms with van der Waals surface area (Å²) in [4.78, 5) is 14.0. The van der Waals surface area contributed by atoms with Gasteiger partial charge in [0.1, 0.15) is 5.75 Å². The van der Waals surface area contributed by atoms with Gasteiger partial charge in [0, 0.05) is 31.4 Å². The molecule has 1 aliphatic heterocycles. The predicted molar refractivity (Wildman–Crippen MR) is 77.0 cm³/mol. The summed E-state index contributed by atoms with van der Waals surface area (Å²) < 4.78 is 5.28. The third kappa shape index (κ3) is 5.07. The first-order valence-electron chi connectivity index (χ1n) is 6.88. The number of urea groups is 1. The first-order valence-corrected chi connectivity index (χ1v) is 6.88. The SMILES string of the molecule is O=C(NCCCN1CCOCC1)Nc1cccc(O)c1. The van der Waals surface area contributed by atoms with E-state index in [1.807, 2.05) is 0 Å². The Morgan fingerprint density at radius 1 is 1.35 bits per heavy atom. The van der Waals surface area contributed by atoms with E-state index < -0.39 is 0 Å². The highest BCUT2D eigenvalue weighted by Crippen LogP contribution is 2.14. The molecule has 110 valence electrons. The number of nitrogens with one attached hydrogen (secondary N) is 2. The molecule has 0 radical (unpaired) electrons. The van der Waals surface area contributed by atoms with Gasteiger partial charge in [-0.1, -0.05) is 6.07 Å². The fourth-order valence-electron chi connectivity index (χ4n) is 2.09. The number of aromatic hydroxyl groups is 1. The van der Waals surface area contributed by atoms with Gasteiger partial charge in [0.2, 0.25) is 0 Å². The van der Waals surface area contributed by atoms with Gasteiger partial charge in [-0.05, 0) is 25.1 Å². The van der Waals surface area contributed by atoms with Crippen molar-refractivity contribution in [3.05, 3.63) is 24.3 Å². The molecule has 1 heterocycles. The van der Waals surface area contributed by atoms with Crippen LogP contribution < -0.4 is 10.6 Å². The van der Waals surface area contributed by atoms with Crippen molar-refractivity contribution in [2.24, 2.45) is 0 Å². The molecule has 0 saturated carbocycles. The molecule has 2 rings (SSSR count). The number of hydrogen-bond donors (Lipinski definition) is 3. The number of rotatable bonds is 5. The Morgan fingerprint density at radius 3 is 2.90 bits per heavy atom. The summed E-state index contributed by atoms with van der Waals surface area (Å²) >= 11 is 0. The van der Waals surface area contributed by atoms with Crippen molar-refractivity contribution in [2.75, 3.05) is 44.7 Å². The Hall–Kier alpha value is -1.79. The second-order valence-electron chi connectivity index (χ2n) is 4.74. The maximum Gasteiger partial charge on any atom is 0.319 e. The molecule has 1 fully saturated rings. The van der Waals surface area contributed by atoms with E-state index in [9.17, 15) is 9.90 Å². The zero-order valence-electron chi connectivity index (χ0n) is 11.5.